The van der Waals surface area contributed by atoms with Crippen molar-refractivity contribution in [1.29, 1.82) is 0 Å². The molecule has 0 fully saturated rings. The molecule has 1 heterocycles. The largest absolute Gasteiger partial charge is 0.493 e. The number of nitrogens with zero attached hydrogens (tertiary/aromatic N) is 1. The van der Waals surface area contributed by atoms with Gasteiger partial charge in [-0.3, -0.25) is 4.90 Å². The highest BCUT2D eigenvalue weighted by Crippen LogP contribution is 2.33. The molecule has 35 heavy (non-hydrogen) atoms. The van der Waals surface area contributed by atoms with Crippen molar-refractivity contribution in [3.8, 4) is 22.6 Å². The normalized spacial score (nSPS) is 13.1. The van der Waals surface area contributed by atoms with Gasteiger partial charge < -0.3 is 20.1 Å². The summed E-state index contributed by atoms with van der Waals surface area (Å²) in [6, 6.07) is 20.8. The number of nitrogens with one attached hydrogen (secondary N) is 2. The summed E-state index contributed by atoms with van der Waals surface area (Å²) >= 11 is 0. The predicted octanol–water partition coefficient (Wildman–Crippen LogP) is 5.85. The zero-order chi connectivity index (χ0) is 24.6. The minimum atomic E-state index is -0.159. The van der Waals surface area contributed by atoms with Gasteiger partial charge in [0.25, 0.3) is 0 Å². The number of carbonyl (C=O) groups is 1. The fourth-order valence-corrected chi connectivity index (χ4v) is 4.44. The van der Waals surface area contributed by atoms with Crippen LogP contribution in [0.2, 0.25) is 0 Å². The molecule has 2 amide bonds. The van der Waals surface area contributed by atoms with Crippen molar-refractivity contribution in [2.75, 3.05) is 32.6 Å². The van der Waals surface area contributed by atoms with Crippen LogP contribution in [-0.2, 0) is 19.5 Å². The molecule has 184 valence electrons. The number of benzene rings is 3. The van der Waals surface area contributed by atoms with Crippen molar-refractivity contribution < 1.29 is 14.3 Å². The smallest absolute Gasteiger partial charge is 0.319 e. The van der Waals surface area contributed by atoms with Gasteiger partial charge in [-0.1, -0.05) is 49.7 Å². The van der Waals surface area contributed by atoms with Crippen LogP contribution in [0.1, 0.15) is 36.5 Å². The first kappa shape index (κ1) is 24.6. The Bertz CT molecular complexity index is 1130. The Morgan fingerprint density at radius 1 is 0.914 bits per heavy atom. The Hall–Kier alpha value is -3.51. The maximum atomic E-state index is 11.9. The van der Waals surface area contributed by atoms with Crippen molar-refractivity contribution >= 4 is 11.7 Å². The van der Waals surface area contributed by atoms with Crippen molar-refractivity contribution in [2.45, 2.75) is 39.3 Å². The van der Waals surface area contributed by atoms with Gasteiger partial charge >= 0.3 is 6.03 Å². The number of rotatable bonds is 9. The molecule has 0 spiro atoms. The van der Waals surface area contributed by atoms with Crippen LogP contribution in [0.5, 0.6) is 11.5 Å². The zero-order valence-corrected chi connectivity index (χ0v) is 20.9. The van der Waals surface area contributed by atoms with E-state index in [1.165, 1.54) is 16.7 Å². The minimum Gasteiger partial charge on any atom is -0.493 e. The monoisotopic (exact) mass is 473 g/mol. The molecule has 0 aromatic heterocycles. The molecule has 3 aromatic rings. The molecule has 4 rings (SSSR count). The number of amides is 2. The van der Waals surface area contributed by atoms with Crippen LogP contribution >= 0.6 is 0 Å². The maximum absolute atomic E-state index is 11.9. The average molecular weight is 474 g/mol. The fourth-order valence-electron chi connectivity index (χ4n) is 4.44. The number of hydrogen-bond donors (Lipinski definition) is 2. The molecule has 0 aliphatic carbocycles. The van der Waals surface area contributed by atoms with Crippen LogP contribution in [-0.4, -0.2) is 38.2 Å². The van der Waals surface area contributed by atoms with Crippen molar-refractivity contribution in [3.05, 3.63) is 77.4 Å². The van der Waals surface area contributed by atoms with Gasteiger partial charge in [0.05, 0.1) is 14.2 Å². The number of methoxy groups -OCH3 is 2. The molecule has 0 atom stereocenters. The molecule has 0 unspecified atom stereocenters. The summed E-state index contributed by atoms with van der Waals surface area (Å²) in [5.74, 6) is 1.59. The quantitative estimate of drug-likeness (QED) is 0.383. The van der Waals surface area contributed by atoms with Crippen molar-refractivity contribution in [3.63, 3.8) is 0 Å². The Morgan fingerprint density at radius 3 is 2.17 bits per heavy atom. The lowest BCUT2D eigenvalue weighted by Gasteiger charge is -2.29. The lowest BCUT2D eigenvalue weighted by molar-refractivity contribution is 0.244. The van der Waals surface area contributed by atoms with E-state index in [2.05, 4.69) is 58.9 Å². The molecular formula is C29H35N3O3. The van der Waals surface area contributed by atoms with E-state index in [0.29, 0.717) is 6.54 Å². The van der Waals surface area contributed by atoms with Gasteiger partial charge in [-0.05, 0) is 64.9 Å². The van der Waals surface area contributed by atoms with E-state index in [0.717, 1.165) is 67.2 Å². The Kier molecular flexibility index (Phi) is 8.27. The second-order valence-corrected chi connectivity index (χ2v) is 8.95. The molecule has 0 bridgehead atoms. The lowest BCUT2D eigenvalue weighted by atomic mass is 9.98. The number of ether oxygens (including phenoxy) is 2. The number of fused-ring (bicyclic) bond motifs is 1. The third-order valence-electron chi connectivity index (χ3n) is 6.45. The van der Waals surface area contributed by atoms with Gasteiger partial charge in [-0.25, -0.2) is 4.79 Å². The van der Waals surface area contributed by atoms with Crippen molar-refractivity contribution in [2.24, 2.45) is 0 Å². The topological polar surface area (TPSA) is 62.8 Å². The van der Waals surface area contributed by atoms with E-state index in [-0.39, 0.29) is 6.03 Å². The highest BCUT2D eigenvalue weighted by molar-refractivity contribution is 5.89. The molecular weight excluding hydrogens is 438 g/mol. The lowest BCUT2D eigenvalue weighted by Crippen LogP contribution is -2.30. The highest BCUT2D eigenvalue weighted by atomic mass is 16.5. The number of carbonyl (C=O) groups excluding carboxylic acids is 1. The van der Waals surface area contributed by atoms with Crippen LogP contribution in [0.3, 0.4) is 0 Å². The van der Waals surface area contributed by atoms with Crippen LogP contribution in [0, 0.1) is 0 Å². The van der Waals surface area contributed by atoms with E-state index in [9.17, 15) is 4.79 Å². The van der Waals surface area contributed by atoms with Crippen LogP contribution in [0.25, 0.3) is 11.1 Å². The van der Waals surface area contributed by atoms with Gasteiger partial charge in [-0.2, -0.15) is 0 Å². The fraction of sp³-hybridized carbons (Fsp3) is 0.345. The Balaban J connectivity index is 1.34. The Labute approximate surface area is 208 Å². The van der Waals surface area contributed by atoms with Gasteiger partial charge in [0, 0.05) is 31.9 Å². The van der Waals surface area contributed by atoms with Crippen LogP contribution in [0.4, 0.5) is 10.5 Å². The summed E-state index contributed by atoms with van der Waals surface area (Å²) in [6.07, 6.45) is 3.05. The molecule has 3 aromatic carbocycles. The van der Waals surface area contributed by atoms with Gasteiger partial charge in [0.2, 0.25) is 0 Å². The molecule has 0 saturated heterocycles. The number of unbranched alkanes of at least 4 members (excludes halogenated alkanes) is 1. The first-order chi connectivity index (χ1) is 17.1. The average Bonchev–Trinajstić information content (AvgIpc) is 2.89. The number of urea groups is 1. The molecule has 0 radical (unpaired) electrons. The van der Waals surface area contributed by atoms with E-state index >= 15 is 0 Å². The molecule has 1 aliphatic heterocycles. The molecule has 6 nitrogen and oxygen atoms in total. The molecule has 2 N–H and O–H groups in total. The van der Waals surface area contributed by atoms with Crippen LogP contribution in [0.15, 0.2) is 60.7 Å². The summed E-state index contributed by atoms with van der Waals surface area (Å²) in [6.45, 7) is 5.62. The zero-order valence-electron chi connectivity index (χ0n) is 20.9. The van der Waals surface area contributed by atoms with Gasteiger partial charge in [-0.15, -0.1) is 0 Å². The highest BCUT2D eigenvalue weighted by Gasteiger charge is 2.19. The van der Waals surface area contributed by atoms with E-state index in [4.69, 9.17) is 9.47 Å². The summed E-state index contributed by atoms with van der Waals surface area (Å²) in [7, 11) is 3.37. The second-order valence-electron chi connectivity index (χ2n) is 8.95. The number of anilines is 1. The number of hydrogen-bond acceptors (Lipinski definition) is 4. The Morgan fingerprint density at radius 2 is 1.54 bits per heavy atom. The van der Waals surface area contributed by atoms with E-state index in [1.54, 1.807) is 14.2 Å². The van der Waals surface area contributed by atoms with E-state index in [1.807, 2.05) is 24.3 Å². The van der Waals surface area contributed by atoms with E-state index < -0.39 is 0 Å². The summed E-state index contributed by atoms with van der Waals surface area (Å²) < 4.78 is 10.9. The van der Waals surface area contributed by atoms with Gasteiger partial charge in [0.1, 0.15) is 0 Å². The summed E-state index contributed by atoms with van der Waals surface area (Å²) in [4.78, 5) is 14.4. The molecule has 1 aliphatic rings. The van der Waals surface area contributed by atoms with Gasteiger partial charge in [0.15, 0.2) is 11.5 Å². The van der Waals surface area contributed by atoms with Crippen molar-refractivity contribution in [1.82, 2.24) is 10.2 Å². The third-order valence-corrected chi connectivity index (χ3v) is 6.45. The maximum Gasteiger partial charge on any atom is 0.319 e. The third kappa shape index (κ3) is 6.34. The summed E-state index contributed by atoms with van der Waals surface area (Å²) in [5.41, 5.74) is 7.01. The summed E-state index contributed by atoms with van der Waals surface area (Å²) in [5, 5.41) is 5.75. The second kappa shape index (κ2) is 11.8. The predicted molar refractivity (Wildman–Crippen MR) is 141 cm³/mol. The first-order valence-electron chi connectivity index (χ1n) is 12.3. The SMILES string of the molecule is CCCCNC(=O)Nc1ccc(-c2ccc(CN3CCc4cc(OC)c(OC)cc4C3)cc2)cc1. The first-order valence-corrected chi connectivity index (χ1v) is 12.3. The minimum absolute atomic E-state index is 0.159. The molecule has 0 saturated carbocycles. The standard InChI is InChI=1S/C29H35N3O3/c1-4-5-15-30-29(33)31-26-12-10-23(11-13-26)22-8-6-21(7-9-22)19-32-16-14-24-17-27(34-2)28(35-3)18-25(24)20-32/h6-13,17-18H,4-5,14-16,19-20H2,1-3H3,(H2,30,31,33). The molecule has 6 heteroatoms. The van der Waals surface area contributed by atoms with Crippen LogP contribution < -0.4 is 20.1 Å².